The fourth-order valence-corrected chi connectivity index (χ4v) is 5.02. The maximum absolute atomic E-state index is 13.3. The van der Waals surface area contributed by atoms with Crippen LogP contribution in [0.1, 0.15) is 24.2 Å². The molecule has 2 heterocycles. The third kappa shape index (κ3) is 6.94. The molecule has 0 aliphatic carbocycles. The van der Waals surface area contributed by atoms with Crippen molar-refractivity contribution in [2.45, 2.75) is 13.8 Å². The van der Waals surface area contributed by atoms with Crippen molar-refractivity contribution in [1.29, 1.82) is 0 Å². The number of halogens is 1. The van der Waals surface area contributed by atoms with E-state index >= 15 is 0 Å². The molecule has 0 saturated carbocycles. The normalized spacial score (nSPS) is 15.7. The highest BCUT2D eigenvalue weighted by Crippen LogP contribution is 2.31. The molecular weight excluding hydrogens is 544 g/mol. The van der Waals surface area contributed by atoms with Crippen LogP contribution in [0.15, 0.2) is 36.4 Å². The molecule has 208 valence electrons. The first-order valence-electron chi connectivity index (χ1n) is 12.7. The fraction of sp³-hybridized carbons (Fsp3) is 0.423. The predicted octanol–water partition coefficient (Wildman–Crippen LogP) is 3.52. The molecule has 2 amide bonds. The molecule has 39 heavy (non-hydrogen) atoms. The monoisotopic (exact) mass is 574 g/mol. The number of thiocarbonyl (C=S) groups is 1. The number of benzene rings is 2. The summed E-state index contributed by atoms with van der Waals surface area (Å²) in [6.45, 7) is 8.34. The Morgan fingerprint density at radius 3 is 2.28 bits per heavy atom. The smallest absolute Gasteiger partial charge is 0.270 e. The number of hydrogen-bond acceptors (Lipinski definition) is 8. The topological polar surface area (TPSA) is 120 Å². The minimum Gasteiger partial charge on any atom is -0.378 e. The Morgan fingerprint density at radius 1 is 1.00 bits per heavy atom. The molecule has 2 aliphatic rings. The summed E-state index contributed by atoms with van der Waals surface area (Å²) in [4.78, 5) is 42.5. The zero-order chi connectivity index (χ0) is 28.1. The van der Waals surface area contributed by atoms with Crippen LogP contribution in [0.25, 0.3) is 0 Å². The van der Waals surface area contributed by atoms with Crippen LogP contribution in [0.5, 0.6) is 0 Å². The van der Waals surface area contributed by atoms with E-state index in [4.69, 9.17) is 28.6 Å². The van der Waals surface area contributed by atoms with Crippen molar-refractivity contribution >= 4 is 63.5 Å². The van der Waals surface area contributed by atoms with Crippen LogP contribution >= 0.6 is 23.8 Å². The molecule has 4 rings (SSSR count). The zero-order valence-electron chi connectivity index (χ0n) is 21.8. The third-order valence-electron chi connectivity index (χ3n) is 6.65. The first kappa shape index (κ1) is 28.5. The van der Waals surface area contributed by atoms with Crippen molar-refractivity contribution in [1.82, 2.24) is 10.2 Å². The van der Waals surface area contributed by atoms with E-state index in [0.29, 0.717) is 68.9 Å². The van der Waals surface area contributed by atoms with Crippen LogP contribution in [-0.2, 0) is 9.53 Å². The third-order valence-corrected chi connectivity index (χ3v) is 7.09. The van der Waals surface area contributed by atoms with Gasteiger partial charge in [0.05, 0.1) is 40.8 Å². The van der Waals surface area contributed by atoms with Crippen molar-refractivity contribution in [2.75, 3.05) is 67.6 Å². The number of non-ortho nitro benzene ring substituents is 1. The zero-order valence-corrected chi connectivity index (χ0v) is 23.4. The molecule has 11 nitrogen and oxygen atoms in total. The van der Waals surface area contributed by atoms with E-state index in [1.807, 2.05) is 29.7 Å². The molecule has 2 aliphatic heterocycles. The summed E-state index contributed by atoms with van der Waals surface area (Å²) in [6, 6.07) is 9.57. The SMILES string of the molecule is CC(C)C(=O)N1CCN(c2ccc(Cl)cc2NC(=S)NC(=O)c2cc([N+](=O)[O-])ccc2N2CCOCC2)CC1. The summed E-state index contributed by atoms with van der Waals surface area (Å²) in [7, 11) is 0. The quantitative estimate of drug-likeness (QED) is 0.303. The molecule has 0 atom stereocenters. The van der Waals surface area contributed by atoms with E-state index in [1.165, 1.54) is 12.1 Å². The van der Waals surface area contributed by atoms with Crippen LogP contribution < -0.4 is 20.4 Å². The number of morpholine rings is 1. The number of hydrogen-bond donors (Lipinski definition) is 2. The molecule has 2 fully saturated rings. The lowest BCUT2D eigenvalue weighted by Gasteiger charge is -2.37. The lowest BCUT2D eigenvalue weighted by Crippen LogP contribution is -2.50. The van der Waals surface area contributed by atoms with Crippen molar-refractivity contribution < 1.29 is 19.2 Å². The molecule has 2 aromatic carbocycles. The summed E-state index contributed by atoms with van der Waals surface area (Å²) >= 11 is 11.7. The molecule has 0 bridgehead atoms. The Balaban J connectivity index is 1.49. The van der Waals surface area contributed by atoms with Gasteiger partial charge in [-0.2, -0.15) is 0 Å². The van der Waals surface area contributed by atoms with Gasteiger partial charge in [0.1, 0.15) is 0 Å². The highest BCUT2D eigenvalue weighted by molar-refractivity contribution is 7.80. The van der Waals surface area contributed by atoms with Crippen LogP contribution in [0.3, 0.4) is 0 Å². The van der Waals surface area contributed by atoms with Crippen LogP contribution in [0, 0.1) is 16.0 Å². The van der Waals surface area contributed by atoms with Crippen molar-refractivity contribution in [3.05, 3.63) is 57.1 Å². The van der Waals surface area contributed by atoms with E-state index < -0.39 is 10.8 Å². The second kappa shape index (κ2) is 12.6. The Kier molecular flexibility index (Phi) is 9.20. The van der Waals surface area contributed by atoms with Gasteiger partial charge in [0.15, 0.2) is 5.11 Å². The molecule has 0 radical (unpaired) electrons. The number of nitrogens with zero attached hydrogens (tertiary/aromatic N) is 4. The Bertz CT molecular complexity index is 1260. The maximum atomic E-state index is 13.3. The molecule has 0 spiro atoms. The predicted molar refractivity (Wildman–Crippen MR) is 155 cm³/mol. The van der Waals surface area contributed by atoms with Gasteiger partial charge < -0.3 is 24.8 Å². The summed E-state index contributed by atoms with van der Waals surface area (Å²) in [5.74, 6) is -0.493. The van der Waals surface area contributed by atoms with Gasteiger partial charge in [0.25, 0.3) is 11.6 Å². The second-order valence-corrected chi connectivity index (χ2v) is 10.4. The number of carbonyl (C=O) groups is 2. The van der Waals surface area contributed by atoms with Gasteiger partial charge in [-0.05, 0) is 36.5 Å². The van der Waals surface area contributed by atoms with Crippen LogP contribution in [0.4, 0.5) is 22.7 Å². The number of ether oxygens (including phenoxy) is 1. The van der Waals surface area contributed by atoms with Gasteiger partial charge in [-0.1, -0.05) is 25.4 Å². The van der Waals surface area contributed by atoms with E-state index in [0.717, 1.165) is 5.69 Å². The highest BCUT2D eigenvalue weighted by atomic mass is 35.5. The molecule has 0 unspecified atom stereocenters. The largest absolute Gasteiger partial charge is 0.378 e. The summed E-state index contributed by atoms with van der Waals surface area (Å²) in [5, 5.41) is 17.6. The number of carbonyl (C=O) groups excluding carboxylic acids is 2. The molecule has 0 aromatic heterocycles. The van der Waals surface area contributed by atoms with Gasteiger partial charge in [0.2, 0.25) is 5.91 Å². The molecule has 2 saturated heterocycles. The summed E-state index contributed by atoms with van der Waals surface area (Å²) in [6.07, 6.45) is 0. The maximum Gasteiger partial charge on any atom is 0.270 e. The van der Waals surface area contributed by atoms with Crippen molar-refractivity contribution in [3.63, 3.8) is 0 Å². The Labute approximate surface area is 237 Å². The summed E-state index contributed by atoms with van der Waals surface area (Å²) < 4.78 is 5.40. The Morgan fingerprint density at radius 2 is 1.64 bits per heavy atom. The van der Waals surface area contributed by atoms with Gasteiger partial charge in [-0.3, -0.25) is 25.0 Å². The van der Waals surface area contributed by atoms with Crippen LogP contribution in [0.2, 0.25) is 5.02 Å². The van der Waals surface area contributed by atoms with E-state index in [9.17, 15) is 19.7 Å². The lowest BCUT2D eigenvalue weighted by molar-refractivity contribution is -0.384. The number of nitrogens with one attached hydrogen (secondary N) is 2. The van der Waals surface area contributed by atoms with E-state index in [2.05, 4.69) is 15.5 Å². The van der Waals surface area contributed by atoms with E-state index in [-0.39, 0.29) is 28.2 Å². The molecular formula is C26H31ClN6O5S. The molecule has 13 heteroatoms. The summed E-state index contributed by atoms with van der Waals surface area (Å²) in [5.41, 5.74) is 1.96. The number of nitro groups is 1. The molecule has 2 N–H and O–H groups in total. The molecule has 2 aromatic rings. The minimum absolute atomic E-state index is 0.0246. The number of piperazine rings is 1. The van der Waals surface area contributed by atoms with Gasteiger partial charge in [0, 0.05) is 62.3 Å². The van der Waals surface area contributed by atoms with Gasteiger partial charge in [-0.25, -0.2) is 0 Å². The van der Waals surface area contributed by atoms with Gasteiger partial charge in [-0.15, -0.1) is 0 Å². The van der Waals surface area contributed by atoms with Crippen molar-refractivity contribution in [2.24, 2.45) is 5.92 Å². The second-order valence-electron chi connectivity index (χ2n) is 9.59. The number of amides is 2. The van der Waals surface area contributed by atoms with E-state index in [1.54, 1.807) is 18.2 Å². The first-order chi connectivity index (χ1) is 18.6. The average Bonchev–Trinajstić information content (AvgIpc) is 2.93. The van der Waals surface area contributed by atoms with Gasteiger partial charge >= 0.3 is 0 Å². The minimum atomic E-state index is -0.568. The highest BCUT2D eigenvalue weighted by Gasteiger charge is 2.26. The standard InChI is InChI=1S/C26H31ClN6O5S/c1-17(2)25(35)32-9-7-30(8-10-32)23-5-3-18(27)15-21(23)28-26(39)29-24(34)20-16-19(33(36)37)4-6-22(20)31-11-13-38-14-12-31/h3-6,15-17H,7-14H2,1-2H3,(H2,28,29,34,39). The lowest BCUT2D eigenvalue weighted by atomic mass is 10.1. The first-order valence-corrected chi connectivity index (χ1v) is 13.5. The number of nitro benzene ring substituents is 1. The van der Waals surface area contributed by atoms with Crippen LogP contribution in [-0.4, -0.2) is 79.2 Å². The average molecular weight is 575 g/mol. The number of rotatable bonds is 6. The Hall–Kier alpha value is -3.48. The number of anilines is 3. The fourth-order valence-electron chi connectivity index (χ4n) is 4.64. The van der Waals surface area contributed by atoms with Crippen molar-refractivity contribution in [3.8, 4) is 0 Å².